The molecule has 2 atom stereocenters. The average molecular weight is 251 g/mol. The molecule has 0 bridgehead atoms. The van der Waals surface area contributed by atoms with Gasteiger partial charge in [-0.3, -0.25) is 0 Å². The molecule has 3 nitrogen and oxygen atoms in total. The molecule has 0 heterocycles. The standard InChI is InChI=1S/C15H25NO2/c1-11-10-14(18-5)6-7-15(11)12(2)13(3)16-8-9-17-4/h6-7,10,12-13,16H,8-9H2,1-5H3. The van der Waals surface area contributed by atoms with Crippen molar-refractivity contribution in [1.82, 2.24) is 5.32 Å². The van der Waals surface area contributed by atoms with Crippen LogP contribution in [0.5, 0.6) is 5.75 Å². The number of benzene rings is 1. The van der Waals surface area contributed by atoms with Crippen LogP contribution in [0.3, 0.4) is 0 Å². The van der Waals surface area contributed by atoms with Crippen molar-refractivity contribution >= 4 is 0 Å². The van der Waals surface area contributed by atoms with Crippen LogP contribution in [0.1, 0.15) is 30.9 Å². The molecule has 102 valence electrons. The van der Waals surface area contributed by atoms with Gasteiger partial charge in [0.2, 0.25) is 0 Å². The number of ether oxygens (including phenoxy) is 2. The first-order valence-corrected chi connectivity index (χ1v) is 6.47. The maximum atomic E-state index is 5.24. The summed E-state index contributed by atoms with van der Waals surface area (Å²) in [4.78, 5) is 0. The molecular formula is C15H25NO2. The Morgan fingerprint density at radius 3 is 2.50 bits per heavy atom. The van der Waals surface area contributed by atoms with Gasteiger partial charge in [0.05, 0.1) is 13.7 Å². The highest BCUT2D eigenvalue weighted by molar-refractivity contribution is 5.37. The molecule has 0 spiro atoms. The first-order valence-electron chi connectivity index (χ1n) is 6.47. The Morgan fingerprint density at radius 2 is 1.94 bits per heavy atom. The minimum absolute atomic E-state index is 0.423. The van der Waals surface area contributed by atoms with E-state index < -0.39 is 0 Å². The Labute approximate surface area is 110 Å². The summed E-state index contributed by atoms with van der Waals surface area (Å²) in [5, 5.41) is 3.48. The number of nitrogens with one attached hydrogen (secondary N) is 1. The van der Waals surface area contributed by atoms with Crippen LogP contribution >= 0.6 is 0 Å². The number of rotatable bonds is 7. The zero-order valence-electron chi connectivity index (χ0n) is 12.1. The molecule has 1 N–H and O–H groups in total. The molecule has 18 heavy (non-hydrogen) atoms. The van der Waals surface area contributed by atoms with Gasteiger partial charge < -0.3 is 14.8 Å². The highest BCUT2D eigenvalue weighted by atomic mass is 16.5. The number of methoxy groups -OCH3 is 2. The predicted octanol–water partition coefficient (Wildman–Crippen LogP) is 2.73. The zero-order valence-corrected chi connectivity index (χ0v) is 12.1. The van der Waals surface area contributed by atoms with Gasteiger partial charge in [-0.05, 0) is 43.0 Å². The Kier molecular flexibility index (Phi) is 6.16. The van der Waals surface area contributed by atoms with Crippen molar-refractivity contribution in [2.24, 2.45) is 0 Å². The van der Waals surface area contributed by atoms with E-state index in [4.69, 9.17) is 9.47 Å². The first-order chi connectivity index (χ1) is 8.60. The van der Waals surface area contributed by atoms with Gasteiger partial charge in [0.15, 0.2) is 0 Å². The molecule has 1 aromatic carbocycles. The fourth-order valence-corrected chi connectivity index (χ4v) is 2.12. The van der Waals surface area contributed by atoms with Crippen LogP contribution < -0.4 is 10.1 Å². The van der Waals surface area contributed by atoms with Gasteiger partial charge in [0.25, 0.3) is 0 Å². The summed E-state index contributed by atoms with van der Waals surface area (Å²) in [5.41, 5.74) is 2.65. The third-order valence-electron chi connectivity index (χ3n) is 3.49. The van der Waals surface area contributed by atoms with Crippen LogP contribution in [0.4, 0.5) is 0 Å². The van der Waals surface area contributed by atoms with Crippen molar-refractivity contribution < 1.29 is 9.47 Å². The molecule has 0 saturated heterocycles. The van der Waals surface area contributed by atoms with E-state index in [0.717, 1.165) is 18.9 Å². The summed E-state index contributed by atoms with van der Waals surface area (Å²) in [6.07, 6.45) is 0. The third-order valence-corrected chi connectivity index (χ3v) is 3.49. The molecule has 0 amide bonds. The molecule has 0 aromatic heterocycles. The van der Waals surface area contributed by atoms with Crippen molar-refractivity contribution in [2.75, 3.05) is 27.4 Å². The first kappa shape index (κ1) is 15.0. The van der Waals surface area contributed by atoms with Crippen LogP contribution in [-0.2, 0) is 4.74 Å². The Morgan fingerprint density at radius 1 is 1.22 bits per heavy atom. The van der Waals surface area contributed by atoms with E-state index in [9.17, 15) is 0 Å². The highest BCUT2D eigenvalue weighted by Crippen LogP contribution is 2.25. The normalized spacial score (nSPS) is 14.3. The molecule has 0 radical (unpaired) electrons. The average Bonchev–Trinajstić information content (AvgIpc) is 2.38. The van der Waals surface area contributed by atoms with Crippen molar-refractivity contribution in [1.29, 1.82) is 0 Å². The molecular weight excluding hydrogens is 226 g/mol. The number of aryl methyl sites for hydroxylation is 1. The molecule has 1 aromatic rings. The second-order valence-corrected chi connectivity index (χ2v) is 4.75. The maximum absolute atomic E-state index is 5.24. The lowest BCUT2D eigenvalue weighted by atomic mass is 9.91. The molecule has 0 fully saturated rings. The van der Waals surface area contributed by atoms with Crippen LogP contribution in [0, 0.1) is 6.92 Å². The third kappa shape index (κ3) is 4.00. The summed E-state index contributed by atoms with van der Waals surface area (Å²) >= 11 is 0. The summed E-state index contributed by atoms with van der Waals surface area (Å²) in [5.74, 6) is 1.39. The van der Waals surface area contributed by atoms with Crippen molar-refractivity contribution in [3.05, 3.63) is 29.3 Å². The second kappa shape index (κ2) is 7.39. The van der Waals surface area contributed by atoms with Crippen LogP contribution in [0.25, 0.3) is 0 Å². The van der Waals surface area contributed by atoms with Crippen LogP contribution in [0.2, 0.25) is 0 Å². The summed E-state index contributed by atoms with van der Waals surface area (Å²) in [6, 6.07) is 6.70. The minimum Gasteiger partial charge on any atom is -0.497 e. The van der Waals surface area contributed by atoms with E-state index in [-0.39, 0.29) is 0 Å². The molecule has 1 rings (SSSR count). The molecule has 2 unspecified atom stereocenters. The van der Waals surface area contributed by atoms with Gasteiger partial charge in [0, 0.05) is 19.7 Å². The Bertz CT molecular complexity index is 366. The zero-order chi connectivity index (χ0) is 13.5. The minimum atomic E-state index is 0.423. The van der Waals surface area contributed by atoms with E-state index in [2.05, 4.69) is 38.2 Å². The van der Waals surface area contributed by atoms with Gasteiger partial charge in [-0.1, -0.05) is 13.0 Å². The smallest absolute Gasteiger partial charge is 0.119 e. The van der Waals surface area contributed by atoms with Gasteiger partial charge in [-0.2, -0.15) is 0 Å². The Hall–Kier alpha value is -1.06. The van der Waals surface area contributed by atoms with E-state index in [1.807, 2.05) is 6.07 Å². The van der Waals surface area contributed by atoms with Gasteiger partial charge in [-0.25, -0.2) is 0 Å². The maximum Gasteiger partial charge on any atom is 0.119 e. The fraction of sp³-hybridized carbons (Fsp3) is 0.600. The van der Waals surface area contributed by atoms with Crippen LogP contribution in [0.15, 0.2) is 18.2 Å². The van der Waals surface area contributed by atoms with Gasteiger partial charge in [-0.15, -0.1) is 0 Å². The van der Waals surface area contributed by atoms with Gasteiger partial charge >= 0.3 is 0 Å². The van der Waals surface area contributed by atoms with Crippen molar-refractivity contribution in [3.63, 3.8) is 0 Å². The van der Waals surface area contributed by atoms with Crippen molar-refractivity contribution in [2.45, 2.75) is 32.7 Å². The molecule has 3 heteroatoms. The van der Waals surface area contributed by atoms with Crippen LogP contribution in [-0.4, -0.2) is 33.4 Å². The summed E-state index contributed by atoms with van der Waals surface area (Å²) < 4.78 is 10.3. The molecule has 0 saturated carbocycles. The summed E-state index contributed by atoms with van der Waals surface area (Å²) in [7, 11) is 3.43. The second-order valence-electron chi connectivity index (χ2n) is 4.75. The van der Waals surface area contributed by atoms with E-state index in [1.165, 1.54) is 11.1 Å². The lowest BCUT2D eigenvalue weighted by Crippen LogP contribution is -2.33. The predicted molar refractivity (Wildman–Crippen MR) is 75.5 cm³/mol. The highest BCUT2D eigenvalue weighted by Gasteiger charge is 2.15. The monoisotopic (exact) mass is 251 g/mol. The summed E-state index contributed by atoms with van der Waals surface area (Å²) in [6.45, 7) is 8.23. The molecule has 0 aliphatic carbocycles. The lowest BCUT2D eigenvalue weighted by molar-refractivity contribution is 0.195. The fourth-order valence-electron chi connectivity index (χ4n) is 2.12. The SMILES string of the molecule is COCCNC(C)C(C)c1ccc(OC)cc1C. The van der Waals surface area contributed by atoms with E-state index in [0.29, 0.717) is 12.0 Å². The largest absolute Gasteiger partial charge is 0.497 e. The number of hydrogen-bond acceptors (Lipinski definition) is 3. The van der Waals surface area contributed by atoms with E-state index in [1.54, 1.807) is 14.2 Å². The lowest BCUT2D eigenvalue weighted by Gasteiger charge is -2.23. The molecule has 0 aliphatic heterocycles. The topological polar surface area (TPSA) is 30.5 Å². The number of hydrogen-bond donors (Lipinski definition) is 1. The molecule has 0 aliphatic rings. The van der Waals surface area contributed by atoms with E-state index >= 15 is 0 Å². The van der Waals surface area contributed by atoms with Crippen molar-refractivity contribution in [3.8, 4) is 5.75 Å². The Balaban J connectivity index is 2.67. The quantitative estimate of drug-likeness (QED) is 0.756. The van der Waals surface area contributed by atoms with Gasteiger partial charge in [0.1, 0.15) is 5.75 Å².